The Morgan fingerprint density at radius 1 is 1.48 bits per heavy atom. The van der Waals surface area contributed by atoms with Crippen molar-refractivity contribution in [1.82, 2.24) is 19.3 Å². The number of anilines is 1. The van der Waals surface area contributed by atoms with Gasteiger partial charge in [0, 0.05) is 45.6 Å². The predicted octanol–water partition coefficient (Wildman–Crippen LogP) is 1.35. The van der Waals surface area contributed by atoms with Gasteiger partial charge in [-0.15, -0.1) is 5.10 Å². The Hall–Kier alpha value is -2.02. The van der Waals surface area contributed by atoms with E-state index in [2.05, 4.69) is 15.4 Å². The Balaban J connectivity index is 1.68. The molecule has 0 radical (unpaired) electrons. The zero-order valence-corrected chi connectivity index (χ0v) is 12.6. The quantitative estimate of drug-likeness (QED) is 0.901. The average molecular weight is 291 g/mol. The molecule has 0 aromatic carbocycles. The third kappa shape index (κ3) is 2.73. The molecule has 1 N–H and O–H groups in total. The first-order valence-electron chi connectivity index (χ1n) is 7.09. The smallest absolute Gasteiger partial charge is 0.256 e. The zero-order valence-electron chi connectivity index (χ0n) is 12.6. The monoisotopic (exact) mass is 291 g/mol. The molecule has 2 aromatic rings. The Morgan fingerprint density at radius 3 is 3.05 bits per heavy atom. The highest BCUT2D eigenvalue weighted by Gasteiger charge is 2.32. The molecule has 1 aliphatic heterocycles. The van der Waals surface area contributed by atoms with Crippen LogP contribution < -0.4 is 10.1 Å². The molecule has 3 rings (SSSR count). The van der Waals surface area contributed by atoms with E-state index in [1.54, 1.807) is 11.8 Å². The summed E-state index contributed by atoms with van der Waals surface area (Å²) in [5.41, 5.74) is 0.908. The number of aromatic nitrogens is 4. The van der Waals surface area contributed by atoms with Crippen molar-refractivity contribution in [3.8, 4) is 5.88 Å². The highest BCUT2D eigenvalue weighted by atomic mass is 16.5. The summed E-state index contributed by atoms with van der Waals surface area (Å²) in [5.74, 6) is 1.98. The third-order valence-corrected chi connectivity index (χ3v) is 3.87. The molecule has 7 nitrogen and oxygen atoms in total. The summed E-state index contributed by atoms with van der Waals surface area (Å²) < 4.78 is 14.9. The van der Waals surface area contributed by atoms with Crippen LogP contribution in [0.1, 0.15) is 18.3 Å². The van der Waals surface area contributed by atoms with Crippen LogP contribution >= 0.6 is 0 Å². The molecule has 1 aliphatic rings. The molecule has 2 aromatic heterocycles. The van der Waals surface area contributed by atoms with Crippen LogP contribution in [-0.2, 0) is 18.8 Å². The highest BCUT2D eigenvalue weighted by molar-refractivity contribution is 5.51. The number of nitrogens with zero attached hydrogens (tertiary/aromatic N) is 4. The molecule has 1 saturated heterocycles. The van der Waals surface area contributed by atoms with E-state index >= 15 is 0 Å². The van der Waals surface area contributed by atoms with Gasteiger partial charge in [0.1, 0.15) is 17.6 Å². The van der Waals surface area contributed by atoms with Crippen molar-refractivity contribution in [1.29, 1.82) is 0 Å². The van der Waals surface area contributed by atoms with Gasteiger partial charge < -0.3 is 19.4 Å². The fourth-order valence-corrected chi connectivity index (χ4v) is 2.76. The van der Waals surface area contributed by atoms with Gasteiger partial charge in [0.15, 0.2) is 0 Å². The van der Waals surface area contributed by atoms with Crippen LogP contribution in [0.15, 0.2) is 18.6 Å². The lowest BCUT2D eigenvalue weighted by atomic mass is 10.0. The number of hydrogen-bond acceptors (Lipinski definition) is 5. The molecule has 21 heavy (non-hydrogen) atoms. The maximum Gasteiger partial charge on any atom is 0.256 e. The maximum atomic E-state index is 5.87. The standard InChI is InChI=1S/C14H21N5O2/c1-18-6-5-15-13(18)12-10(4-7-21-12)8-16-11-9-19(2)17-14(11)20-3/h5-6,9-10,12,16H,4,7-8H2,1-3H3/t10-,12+/m0/s1. The molecular weight excluding hydrogens is 270 g/mol. The van der Waals surface area contributed by atoms with Crippen molar-refractivity contribution >= 4 is 5.69 Å². The molecule has 2 atom stereocenters. The van der Waals surface area contributed by atoms with Crippen LogP contribution in [-0.4, -0.2) is 39.6 Å². The second-order valence-corrected chi connectivity index (χ2v) is 5.34. The number of nitrogens with one attached hydrogen (secondary N) is 1. The van der Waals surface area contributed by atoms with Crippen molar-refractivity contribution in [2.24, 2.45) is 20.0 Å². The Bertz CT molecular complexity index is 606. The minimum absolute atomic E-state index is 0.0418. The van der Waals surface area contributed by atoms with Gasteiger partial charge in [-0.05, 0) is 6.42 Å². The summed E-state index contributed by atoms with van der Waals surface area (Å²) in [6.45, 7) is 1.58. The van der Waals surface area contributed by atoms with E-state index in [9.17, 15) is 0 Å². The van der Waals surface area contributed by atoms with Crippen LogP contribution in [0.5, 0.6) is 5.88 Å². The summed E-state index contributed by atoms with van der Waals surface area (Å²) in [7, 11) is 5.50. The molecule has 1 fully saturated rings. The molecule has 7 heteroatoms. The zero-order chi connectivity index (χ0) is 14.8. The van der Waals surface area contributed by atoms with E-state index in [-0.39, 0.29) is 6.10 Å². The lowest BCUT2D eigenvalue weighted by Crippen LogP contribution is -2.20. The lowest BCUT2D eigenvalue weighted by molar-refractivity contribution is 0.0839. The van der Waals surface area contributed by atoms with E-state index < -0.39 is 0 Å². The van der Waals surface area contributed by atoms with Gasteiger partial charge in [0.2, 0.25) is 0 Å². The Labute approximate surface area is 123 Å². The van der Waals surface area contributed by atoms with Gasteiger partial charge in [-0.1, -0.05) is 0 Å². The first-order valence-corrected chi connectivity index (χ1v) is 7.09. The lowest BCUT2D eigenvalue weighted by Gasteiger charge is -2.19. The molecule has 3 heterocycles. The normalized spacial score (nSPS) is 21.7. The van der Waals surface area contributed by atoms with Crippen molar-refractivity contribution in [2.75, 3.05) is 25.6 Å². The number of ether oxygens (including phenoxy) is 2. The van der Waals surface area contributed by atoms with Gasteiger partial charge in [-0.3, -0.25) is 4.68 Å². The minimum atomic E-state index is 0.0418. The van der Waals surface area contributed by atoms with Crippen LogP contribution in [0.4, 0.5) is 5.69 Å². The number of hydrogen-bond donors (Lipinski definition) is 1. The summed E-state index contributed by atoms with van der Waals surface area (Å²) >= 11 is 0. The molecule has 0 bridgehead atoms. The molecule has 114 valence electrons. The second kappa shape index (κ2) is 5.77. The van der Waals surface area contributed by atoms with Crippen LogP contribution in [0, 0.1) is 5.92 Å². The predicted molar refractivity (Wildman–Crippen MR) is 78.3 cm³/mol. The van der Waals surface area contributed by atoms with Gasteiger partial charge in [-0.25, -0.2) is 4.98 Å². The highest BCUT2D eigenvalue weighted by Crippen LogP contribution is 2.34. The first kappa shape index (κ1) is 13.9. The first-order chi connectivity index (χ1) is 10.2. The Morgan fingerprint density at radius 2 is 2.33 bits per heavy atom. The van der Waals surface area contributed by atoms with E-state index in [1.807, 2.05) is 37.3 Å². The number of rotatable bonds is 5. The van der Waals surface area contributed by atoms with Crippen molar-refractivity contribution in [3.63, 3.8) is 0 Å². The van der Waals surface area contributed by atoms with Crippen LogP contribution in [0.3, 0.4) is 0 Å². The summed E-state index contributed by atoms with van der Waals surface area (Å²) in [6, 6.07) is 0. The van der Waals surface area contributed by atoms with E-state index in [1.165, 1.54) is 0 Å². The Kier molecular flexibility index (Phi) is 3.83. The molecule has 0 saturated carbocycles. The average Bonchev–Trinajstić information content (AvgIpc) is 3.15. The maximum absolute atomic E-state index is 5.87. The van der Waals surface area contributed by atoms with Crippen molar-refractivity contribution in [3.05, 3.63) is 24.4 Å². The molecule has 0 unspecified atom stereocenters. The van der Waals surface area contributed by atoms with Crippen molar-refractivity contribution in [2.45, 2.75) is 12.5 Å². The topological polar surface area (TPSA) is 66.1 Å². The second-order valence-electron chi connectivity index (χ2n) is 5.34. The third-order valence-electron chi connectivity index (χ3n) is 3.87. The molecular formula is C14H21N5O2. The van der Waals surface area contributed by atoms with Crippen LogP contribution in [0.25, 0.3) is 0 Å². The van der Waals surface area contributed by atoms with Gasteiger partial charge in [-0.2, -0.15) is 0 Å². The van der Waals surface area contributed by atoms with E-state index in [4.69, 9.17) is 9.47 Å². The van der Waals surface area contributed by atoms with Gasteiger partial charge >= 0.3 is 0 Å². The minimum Gasteiger partial charge on any atom is -0.478 e. The van der Waals surface area contributed by atoms with Crippen LogP contribution in [0.2, 0.25) is 0 Å². The van der Waals surface area contributed by atoms with Gasteiger partial charge in [0.05, 0.1) is 13.3 Å². The van der Waals surface area contributed by atoms with E-state index in [0.29, 0.717) is 11.8 Å². The fourth-order valence-electron chi connectivity index (χ4n) is 2.76. The number of imidazole rings is 1. The number of aryl methyl sites for hydroxylation is 2. The fraction of sp³-hybridized carbons (Fsp3) is 0.571. The largest absolute Gasteiger partial charge is 0.478 e. The number of methoxy groups -OCH3 is 1. The van der Waals surface area contributed by atoms with Gasteiger partial charge in [0.25, 0.3) is 5.88 Å². The molecule has 0 spiro atoms. The summed E-state index contributed by atoms with van der Waals surface area (Å²) in [5, 5.41) is 7.65. The van der Waals surface area contributed by atoms with Crippen molar-refractivity contribution < 1.29 is 9.47 Å². The molecule has 0 amide bonds. The molecule has 0 aliphatic carbocycles. The SMILES string of the molecule is COc1nn(C)cc1NC[C@@H]1CCO[C@H]1c1nccn1C. The summed E-state index contributed by atoms with van der Waals surface area (Å²) in [6.07, 6.45) is 6.75. The van der Waals surface area contributed by atoms with E-state index in [0.717, 1.165) is 31.1 Å². The summed E-state index contributed by atoms with van der Waals surface area (Å²) in [4.78, 5) is 4.41.